The van der Waals surface area contributed by atoms with Gasteiger partial charge in [0.15, 0.2) is 5.78 Å². The van der Waals surface area contributed by atoms with Crippen LogP contribution in [0.3, 0.4) is 0 Å². The number of anilines is 1. The van der Waals surface area contributed by atoms with Gasteiger partial charge in [0.2, 0.25) is 0 Å². The molecule has 0 bridgehead atoms. The number of piperidine rings is 1. The highest BCUT2D eigenvalue weighted by molar-refractivity contribution is 5.95. The van der Waals surface area contributed by atoms with Gasteiger partial charge in [0.05, 0.1) is 11.5 Å². The van der Waals surface area contributed by atoms with Gasteiger partial charge in [0.25, 0.3) is 5.69 Å². The maximum absolute atomic E-state index is 11.4. The molecule has 1 N–H and O–H groups in total. The van der Waals surface area contributed by atoms with Crippen LogP contribution in [0.2, 0.25) is 0 Å². The fraction of sp³-hybridized carbons (Fsp3) is 0.588. The van der Waals surface area contributed by atoms with Crippen LogP contribution in [0.4, 0.5) is 11.4 Å². The van der Waals surface area contributed by atoms with Crippen LogP contribution in [0.25, 0.3) is 0 Å². The number of likely N-dealkylation sites (tertiary alicyclic amines) is 1. The summed E-state index contributed by atoms with van der Waals surface area (Å²) in [7, 11) is 0. The third-order valence-electron chi connectivity index (χ3n) is 4.91. The van der Waals surface area contributed by atoms with Gasteiger partial charge < -0.3 is 10.1 Å². The van der Waals surface area contributed by atoms with E-state index in [-0.39, 0.29) is 17.5 Å². The number of nitrogens with zero attached hydrogens (tertiary/aromatic N) is 2. The Kier molecular flexibility index (Phi) is 5.11. The van der Waals surface area contributed by atoms with E-state index < -0.39 is 4.92 Å². The first-order valence-corrected chi connectivity index (χ1v) is 8.42. The molecular weight excluding hydrogens is 310 g/mol. The highest BCUT2D eigenvalue weighted by atomic mass is 16.6. The van der Waals surface area contributed by atoms with E-state index >= 15 is 0 Å². The molecule has 2 heterocycles. The molecule has 0 aromatic heterocycles. The summed E-state index contributed by atoms with van der Waals surface area (Å²) in [4.78, 5) is 24.7. The maximum Gasteiger partial charge on any atom is 0.293 e. The summed E-state index contributed by atoms with van der Waals surface area (Å²) in [6.45, 7) is 5.03. The van der Waals surface area contributed by atoms with Crippen molar-refractivity contribution in [2.45, 2.75) is 38.3 Å². The Balaban J connectivity index is 1.64. The predicted octanol–water partition coefficient (Wildman–Crippen LogP) is 2.46. The maximum atomic E-state index is 11.4. The molecule has 1 aromatic carbocycles. The second-order valence-corrected chi connectivity index (χ2v) is 6.52. The van der Waals surface area contributed by atoms with Gasteiger partial charge >= 0.3 is 0 Å². The van der Waals surface area contributed by atoms with E-state index in [1.165, 1.54) is 13.0 Å². The van der Waals surface area contributed by atoms with Gasteiger partial charge in [-0.1, -0.05) is 0 Å². The van der Waals surface area contributed by atoms with Gasteiger partial charge in [-0.2, -0.15) is 0 Å². The van der Waals surface area contributed by atoms with Crippen molar-refractivity contribution in [3.63, 3.8) is 0 Å². The molecule has 0 saturated carbocycles. The smallest absolute Gasteiger partial charge is 0.293 e. The molecule has 0 amide bonds. The number of hydrogen-bond donors (Lipinski definition) is 1. The van der Waals surface area contributed by atoms with Crippen molar-refractivity contribution >= 4 is 17.2 Å². The minimum atomic E-state index is -0.431. The summed E-state index contributed by atoms with van der Waals surface area (Å²) >= 11 is 0. The zero-order valence-electron chi connectivity index (χ0n) is 13.9. The third kappa shape index (κ3) is 3.73. The third-order valence-corrected chi connectivity index (χ3v) is 4.91. The molecule has 24 heavy (non-hydrogen) atoms. The molecule has 0 radical (unpaired) electrons. The molecule has 2 aliphatic rings. The van der Waals surface area contributed by atoms with Crippen molar-refractivity contribution in [3.05, 3.63) is 33.9 Å². The van der Waals surface area contributed by atoms with Gasteiger partial charge in [-0.15, -0.1) is 0 Å². The number of benzene rings is 1. The van der Waals surface area contributed by atoms with Crippen LogP contribution in [0.5, 0.6) is 0 Å². The van der Waals surface area contributed by atoms with Crippen molar-refractivity contribution in [1.29, 1.82) is 0 Å². The summed E-state index contributed by atoms with van der Waals surface area (Å²) in [6.07, 6.45) is 2.99. The molecule has 1 unspecified atom stereocenters. The highest BCUT2D eigenvalue weighted by Crippen LogP contribution is 2.28. The van der Waals surface area contributed by atoms with Crippen LogP contribution in [-0.2, 0) is 4.74 Å². The second kappa shape index (κ2) is 7.27. The lowest BCUT2D eigenvalue weighted by molar-refractivity contribution is -0.384. The number of rotatable bonds is 5. The van der Waals surface area contributed by atoms with Crippen LogP contribution in [-0.4, -0.2) is 54.0 Å². The Labute approximate surface area is 141 Å². The van der Waals surface area contributed by atoms with Gasteiger partial charge in [-0.3, -0.25) is 19.8 Å². The van der Waals surface area contributed by atoms with Crippen LogP contribution < -0.4 is 5.32 Å². The number of nitrogens with one attached hydrogen (secondary N) is 1. The second-order valence-electron chi connectivity index (χ2n) is 6.52. The Bertz CT molecular complexity index is 620. The Hall–Kier alpha value is -1.99. The lowest BCUT2D eigenvalue weighted by atomic mass is 10.0. The largest absolute Gasteiger partial charge is 0.380 e. The average Bonchev–Trinajstić information content (AvgIpc) is 3.10. The molecule has 3 rings (SSSR count). The summed E-state index contributed by atoms with van der Waals surface area (Å²) in [5, 5.41) is 14.6. The number of ether oxygens (including phenoxy) is 1. The zero-order chi connectivity index (χ0) is 17.1. The lowest BCUT2D eigenvalue weighted by Crippen LogP contribution is -2.44. The summed E-state index contributed by atoms with van der Waals surface area (Å²) in [6, 6.07) is 5.38. The fourth-order valence-electron chi connectivity index (χ4n) is 3.46. The minimum Gasteiger partial charge on any atom is -0.380 e. The monoisotopic (exact) mass is 333 g/mol. The molecule has 1 aromatic rings. The Morgan fingerprint density at radius 1 is 1.33 bits per heavy atom. The molecule has 2 saturated heterocycles. The van der Waals surface area contributed by atoms with Gasteiger partial charge in [-0.25, -0.2) is 0 Å². The number of hydrogen-bond acceptors (Lipinski definition) is 6. The van der Waals surface area contributed by atoms with Crippen molar-refractivity contribution < 1.29 is 14.5 Å². The molecule has 0 spiro atoms. The van der Waals surface area contributed by atoms with E-state index in [4.69, 9.17) is 4.74 Å². The van der Waals surface area contributed by atoms with Crippen molar-refractivity contribution in [1.82, 2.24) is 4.90 Å². The van der Waals surface area contributed by atoms with E-state index in [9.17, 15) is 14.9 Å². The van der Waals surface area contributed by atoms with Crippen LogP contribution in [0, 0.1) is 10.1 Å². The topological polar surface area (TPSA) is 84.7 Å². The van der Waals surface area contributed by atoms with Crippen molar-refractivity contribution in [3.8, 4) is 0 Å². The molecular formula is C17H23N3O4. The zero-order valence-corrected chi connectivity index (χ0v) is 13.9. The summed E-state index contributed by atoms with van der Waals surface area (Å²) in [5.74, 6) is -0.170. The van der Waals surface area contributed by atoms with Crippen LogP contribution in [0.1, 0.15) is 36.5 Å². The Morgan fingerprint density at radius 3 is 2.67 bits per heavy atom. The van der Waals surface area contributed by atoms with E-state index in [0.29, 0.717) is 17.3 Å². The molecule has 1 atom stereocenters. The quantitative estimate of drug-likeness (QED) is 0.506. The first-order valence-electron chi connectivity index (χ1n) is 8.42. The first-order chi connectivity index (χ1) is 11.5. The average molecular weight is 333 g/mol. The first kappa shape index (κ1) is 16.9. The number of ketones is 1. The highest BCUT2D eigenvalue weighted by Gasteiger charge is 2.28. The van der Waals surface area contributed by atoms with Crippen LogP contribution >= 0.6 is 0 Å². The van der Waals surface area contributed by atoms with Crippen molar-refractivity contribution in [2.24, 2.45) is 0 Å². The number of nitro groups is 1. The molecule has 2 fully saturated rings. The minimum absolute atomic E-state index is 0.0330. The van der Waals surface area contributed by atoms with Crippen LogP contribution in [0.15, 0.2) is 18.2 Å². The number of carbonyl (C=O) groups excluding carboxylic acids is 1. The van der Waals surface area contributed by atoms with E-state index in [1.807, 2.05) is 0 Å². The Morgan fingerprint density at radius 2 is 2.08 bits per heavy atom. The van der Waals surface area contributed by atoms with E-state index in [2.05, 4.69) is 10.2 Å². The number of nitro benzene ring substituents is 1. The fourth-order valence-corrected chi connectivity index (χ4v) is 3.46. The predicted molar refractivity (Wildman–Crippen MR) is 90.5 cm³/mol. The molecule has 7 nitrogen and oxygen atoms in total. The normalized spacial score (nSPS) is 22.5. The number of Topliss-reactive ketones (excluding diaryl/α,β-unsaturated/α-hetero) is 1. The lowest BCUT2D eigenvalue weighted by Gasteiger charge is -2.35. The standard InChI is InChI=1S/C17H23N3O4/c1-12(21)13-2-3-16(17(10-13)20(22)23)18-14-4-7-19(8-5-14)15-6-9-24-11-15/h2-3,10,14-15,18H,4-9,11H2,1H3. The summed E-state index contributed by atoms with van der Waals surface area (Å²) in [5.41, 5.74) is 0.824. The van der Waals surface area contributed by atoms with Gasteiger partial charge in [0.1, 0.15) is 5.69 Å². The van der Waals surface area contributed by atoms with E-state index in [1.54, 1.807) is 12.1 Å². The summed E-state index contributed by atoms with van der Waals surface area (Å²) < 4.78 is 5.45. The molecule has 7 heteroatoms. The molecule has 2 aliphatic heterocycles. The molecule has 0 aliphatic carbocycles. The van der Waals surface area contributed by atoms with E-state index in [0.717, 1.165) is 45.6 Å². The van der Waals surface area contributed by atoms with Gasteiger partial charge in [0, 0.05) is 43.4 Å². The molecule has 130 valence electrons. The SMILES string of the molecule is CC(=O)c1ccc(NC2CCN(C3CCOC3)CC2)c([N+](=O)[O-])c1. The van der Waals surface area contributed by atoms with Gasteiger partial charge in [-0.05, 0) is 38.3 Å². The number of carbonyl (C=O) groups is 1. The van der Waals surface area contributed by atoms with Crippen molar-refractivity contribution in [2.75, 3.05) is 31.6 Å².